The van der Waals surface area contributed by atoms with Gasteiger partial charge in [0.05, 0.1) is 6.10 Å². The highest BCUT2D eigenvalue weighted by atomic mass is 16.6. The lowest BCUT2D eigenvalue weighted by Gasteiger charge is -2.15. The number of rotatable bonds is 13. The normalized spacial score (nSPS) is 13.1. The number of primary amides is 1. The number of methoxy groups -OCH3 is 1. The van der Waals surface area contributed by atoms with E-state index < -0.39 is 5.91 Å². The first-order valence-electron chi connectivity index (χ1n) is 8.06. The van der Waals surface area contributed by atoms with Crippen molar-refractivity contribution in [3.63, 3.8) is 0 Å². The number of unbranched alkanes of at least 4 members (excludes halogenated alkanes) is 2. The molecule has 6 heteroatoms. The number of amides is 1. The third-order valence-electron chi connectivity index (χ3n) is 3.31. The van der Waals surface area contributed by atoms with Crippen LogP contribution in [0.3, 0.4) is 0 Å². The predicted molar refractivity (Wildman–Crippen MR) is 90.6 cm³/mol. The van der Waals surface area contributed by atoms with Gasteiger partial charge in [0.25, 0.3) is 0 Å². The van der Waals surface area contributed by atoms with Crippen LogP contribution in [0.1, 0.15) is 46.0 Å². The first-order valence-corrected chi connectivity index (χ1v) is 8.06. The van der Waals surface area contributed by atoms with E-state index >= 15 is 0 Å². The summed E-state index contributed by atoms with van der Waals surface area (Å²) in [6.45, 7) is 4.70. The molecular formula is C17H30N2O4. The lowest BCUT2D eigenvalue weighted by atomic mass is 10.2. The Morgan fingerprint density at radius 1 is 1.30 bits per heavy atom. The first kappa shape index (κ1) is 21.2. The molecule has 0 aromatic carbocycles. The highest BCUT2D eigenvalue weighted by Gasteiger charge is 2.10. The lowest BCUT2D eigenvalue weighted by molar-refractivity contribution is -0.147. The number of carbonyl (C=O) groups excluding carboxylic acids is 2. The fourth-order valence-electron chi connectivity index (χ4n) is 1.72. The van der Waals surface area contributed by atoms with Crippen LogP contribution in [0.2, 0.25) is 0 Å². The number of ether oxygens (including phenoxy) is 2. The van der Waals surface area contributed by atoms with Gasteiger partial charge in [0.2, 0.25) is 5.91 Å². The first-order chi connectivity index (χ1) is 11.0. The molecular weight excluding hydrogens is 296 g/mol. The molecule has 0 aromatic heterocycles. The summed E-state index contributed by atoms with van der Waals surface area (Å²) >= 11 is 0. The Morgan fingerprint density at radius 2 is 2.04 bits per heavy atom. The van der Waals surface area contributed by atoms with E-state index in [0.717, 1.165) is 19.3 Å². The molecule has 0 aliphatic heterocycles. The molecule has 0 heterocycles. The minimum absolute atomic E-state index is 0.131. The van der Waals surface area contributed by atoms with E-state index in [1.54, 1.807) is 32.4 Å². The van der Waals surface area contributed by atoms with Gasteiger partial charge in [-0.3, -0.25) is 9.59 Å². The topological polar surface area (TPSA) is 90.6 Å². The predicted octanol–water partition coefficient (Wildman–Crippen LogP) is 2.05. The fraction of sp³-hybridized carbons (Fsp3) is 0.647. The fourth-order valence-corrected chi connectivity index (χ4v) is 1.72. The van der Waals surface area contributed by atoms with Crippen molar-refractivity contribution in [3.05, 3.63) is 23.9 Å². The number of nitrogens with two attached hydrogens (primary N) is 1. The summed E-state index contributed by atoms with van der Waals surface area (Å²) in [5, 5.41) is 3.08. The number of carbonyl (C=O) groups is 2. The summed E-state index contributed by atoms with van der Waals surface area (Å²) in [5.41, 5.74) is 5.60. The largest absolute Gasteiger partial charge is 0.463 e. The third-order valence-corrected chi connectivity index (χ3v) is 3.31. The van der Waals surface area contributed by atoms with Gasteiger partial charge < -0.3 is 20.5 Å². The number of esters is 1. The van der Waals surface area contributed by atoms with Crippen LogP contribution in [0.4, 0.5) is 0 Å². The van der Waals surface area contributed by atoms with Crippen molar-refractivity contribution in [1.29, 1.82) is 0 Å². The Morgan fingerprint density at radius 3 is 2.65 bits per heavy atom. The molecule has 0 spiro atoms. The zero-order chi connectivity index (χ0) is 17.5. The van der Waals surface area contributed by atoms with Crippen molar-refractivity contribution in [2.45, 2.75) is 52.1 Å². The molecule has 0 radical (unpaired) electrons. The molecule has 0 aliphatic rings. The summed E-state index contributed by atoms with van der Waals surface area (Å²) in [6, 6.07) is 0. The van der Waals surface area contributed by atoms with Gasteiger partial charge in [-0.15, -0.1) is 0 Å². The van der Waals surface area contributed by atoms with Crippen molar-refractivity contribution in [3.8, 4) is 0 Å². The monoisotopic (exact) mass is 326 g/mol. The number of nitrogens with one attached hydrogen (secondary N) is 1. The molecule has 0 rings (SSSR count). The number of hydrogen-bond donors (Lipinski definition) is 2. The van der Waals surface area contributed by atoms with E-state index in [9.17, 15) is 9.59 Å². The van der Waals surface area contributed by atoms with Crippen LogP contribution in [0.25, 0.3) is 0 Å². The summed E-state index contributed by atoms with van der Waals surface area (Å²) in [6.07, 6.45) is 9.14. The van der Waals surface area contributed by atoms with Gasteiger partial charge in [-0.2, -0.15) is 0 Å². The van der Waals surface area contributed by atoms with Gasteiger partial charge in [-0.1, -0.05) is 25.8 Å². The highest BCUT2D eigenvalue weighted by molar-refractivity contribution is 5.91. The molecule has 1 atom stereocenters. The molecule has 0 fully saturated rings. The van der Waals surface area contributed by atoms with Crippen molar-refractivity contribution < 1.29 is 19.1 Å². The van der Waals surface area contributed by atoms with Gasteiger partial charge in [-0.25, -0.2) is 0 Å². The summed E-state index contributed by atoms with van der Waals surface area (Å²) in [4.78, 5) is 22.3. The molecule has 0 saturated carbocycles. The van der Waals surface area contributed by atoms with Crippen LogP contribution < -0.4 is 11.1 Å². The van der Waals surface area contributed by atoms with Crippen LogP contribution >= 0.6 is 0 Å². The Kier molecular flexibility index (Phi) is 12.7. The molecule has 0 bridgehead atoms. The Labute approximate surface area is 139 Å². The van der Waals surface area contributed by atoms with E-state index in [1.165, 1.54) is 0 Å². The van der Waals surface area contributed by atoms with Gasteiger partial charge in [-0.05, 0) is 32.0 Å². The maximum atomic E-state index is 11.5. The highest BCUT2D eigenvalue weighted by Crippen LogP contribution is 2.03. The van der Waals surface area contributed by atoms with E-state index in [4.69, 9.17) is 15.2 Å². The van der Waals surface area contributed by atoms with E-state index in [-0.39, 0.29) is 18.7 Å². The summed E-state index contributed by atoms with van der Waals surface area (Å²) < 4.78 is 10.5. The Hall–Kier alpha value is -1.82. The van der Waals surface area contributed by atoms with Gasteiger partial charge in [0, 0.05) is 25.6 Å². The van der Waals surface area contributed by atoms with Crippen LogP contribution in [0.15, 0.2) is 23.9 Å². The molecule has 0 aromatic rings. The molecule has 23 heavy (non-hydrogen) atoms. The molecule has 6 nitrogen and oxygen atoms in total. The van der Waals surface area contributed by atoms with Gasteiger partial charge in [0.15, 0.2) is 0 Å². The Balaban J connectivity index is 3.85. The zero-order valence-corrected chi connectivity index (χ0v) is 14.5. The molecule has 0 aliphatic carbocycles. The smallest absolute Gasteiger partial charge is 0.305 e. The maximum absolute atomic E-state index is 11.5. The second kappa shape index (κ2) is 13.8. The van der Waals surface area contributed by atoms with E-state index in [1.807, 2.05) is 0 Å². The molecule has 0 saturated heterocycles. The van der Waals surface area contributed by atoms with Gasteiger partial charge >= 0.3 is 5.97 Å². The molecule has 3 N–H and O–H groups in total. The average Bonchev–Trinajstić information content (AvgIpc) is 2.53. The third kappa shape index (κ3) is 12.4. The van der Waals surface area contributed by atoms with Crippen LogP contribution in [-0.2, 0) is 19.1 Å². The van der Waals surface area contributed by atoms with Crippen LogP contribution in [0.5, 0.6) is 0 Å². The van der Waals surface area contributed by atoms with Crippen molar-refractivity contribution in [2.24, 2.45) is 5.73 Å². The van der Waals surface area contributed by atoms with E-state index in [0.29, 0.717) is 25.0 Å². The minimum Gasteiger partial charge on any atom is -0.463 e. The molecule has 1 amide bonds. The summed E-state index contributed by atoms with van der Waals surface area (Å²) in [5.74, 6) is -0.602. The van der Waals surface area contributed by atoms with Gasteiger partial charge in [0.1, 0.15) is 6.61 Å². The lowest BCUT2D eigenvalue weighted by Crippen LogP contribution is -2.24. The van der Waals surface area contributed by atoms with E-state index in [2.05, 4.69) is 12.2 Å². The average molecular weight is 326 g/mol. The van der Waals surface area contributed by atoms with Crippen molar-refractivity contribution in [1.82, 2.24) is 5.32 Å². The molecule has 132 valence electrons. The minimum atomic E-state index is -0.435. The standard InChI is InChI=1S/C17H30N2O4/c1-4-5-6-9-16(20)23-13-15(22-3)10-12-19-11-7-8-14(2)17(18)21/h7-8,11,15,19H,4-6,9-10,12-13H2,1-3H3,(H2,18,21)/b11-7-,14-8+/t15-/m0/s1. The summed E-state index contributed by atoms with van der Waals surface area (Å²) in [7, 11) is 1.60. The quantitative estimate of drug-likeness (QED) is 0.234. The number of hydrogen-bond acceptors (Lipinski definition) is 5. The SMILES string of the molecule is CCCCCC(=O)OC[C@H](CCN/C=C\C=C(/C)C(N)=O)OC. The van der Waals surface area contributed by atoms with Crippen LogP contribution in [0, 0.1) is 0 Å². The van der Waals surface area contributed by atoms with Crippen molar-refractivity contribution >= 4 is 11.9 Å². The second-order valence-corrected chi connectivity index (χ2v) is 5.31. The zero-order valence-electron chi connectivity index (χ0n) is 14.5. The number of allylic oxidation sites excluding steroid dienone is 2. The van der Waals surface area contributed by atoms with Crippen LogP contribution in [-0.4, -0.2) is 38.2 Å². The molecule has 0 unspecified atom stereocenters. The second-order valence-electron chi connectivity index (χ2n) is 5.31. The maximum Gasteiger partial charge on any atom is 0.305 e. The Bertz CT molecular complexity index is 405. The van der Waals surface area contributed by atoms with Crippen molar-refractivity contribution in [2.75, 3.05) is 20.3 Å².